The number of nitrogens with zero attached hydrogens (tertiary/aromatic N) is 1. The minimum Gasteiger partial charge on any atom is -0.469 e. The van der Waals surface area contributed by atoms with E-state index < -0.39 is 5.54 Å². The average Bonchev–Trinajstić information content (AvgIpc) is 3.03. The van der Waals surface area contributed by atoms with Crippen LogP contribution in [0.3, 0.4) is 0 Å². The first-order valence-corrected chi connectivity index (χ1v) is 5.44. The van der Waals surface area contributed by atoms with E-state index in [-0.39, 0.29) is 18.3 Å². The molecular weight excluding hydrogens is 234 g/mol. The number of nitrogens with one attached hydrogen (secondary N) is 1. The Morgan fingerprint density at radius 2 is 2.06 bits per heavy atom. The van der Waals surface area contributed by atoms with Crippen molar-refractivity contribution in [3.05, 3.63) is 48.3 Å². The lowest BCUT2D eigenvalue weighted by Crippen LogP contribution is -2.40. The van der Waals surface area contributed by atoms with Gasteiger partial charge in [0.1, 0.15) is 11.5 Å². The van der Waals surface area contributed by atoms with E-state index in [1.165, 1.54) is 6.26 Å². The third-order valence-corrected chi connectivity index (χ3v) is 2.87. The Morgan fingerprint density at radius 1 is 1.28 bits per heavy atom. The Labute approximate surface area is 102 Å². The second-order valence-corrected chi connectivity index (χ2v) is 4.04. The van der Waals surface area contributed by atoms with Crippen LogP contribution in [-0.2, 0) is 16.8 Å². The van der Waals surface area contributed by atoms with Crippen LogP contribution in [0.2, 0.25) is 0 Å². The number of hydrogen-bond donors (Lipinski definition) is 2. The molecule has 0 unspecified atom stereocenters. The molecule has 0 aromatic carbocycles. The Bertz CT molecular complexity index is 586. The third kappa shape index (κ3) is 1.50. The number of rotatable bonds is 3. The van der Waals surface area contributed by atoms with Gasteiger partial charge < -0.3 is 14.6 Å². The monoisotopic (exact) mass is 245 g/mol. The molecule has 0 bridgehead atoms. The first-order chi connectivity index (χ1) is 8.71. The summed E-state index contributed by atoms with van der Waals surface area (Å²) < 4.78 is 10.6. The zero-order valence-electron chi connectivity index (χ0n) is 9.42. The van der Waals surface area contributed by atoms with E-state index in [1.54, 1.807) is 30.5 Å². The van der Waals surface area contributed by atoms with Crippen molar-refractivity contribution in [3.63, 3.8) is 0 Å². The molecule has 0 aliphatic carbocycles. The standard InChI is InChI=1S/C12H11N3O3/c13-11-14-10(16)12(15-11,9-4-2-6-18-9)7-8-3-1-5-17-8/h1-6H,7H2,(H3,13,14,15,16)/t12-/m0/s1. The number of carbonyl (C=O) groups is 1. The normalized spacial score (nSPS) is 22.9. The molecule has 0 spiro atoms. The molecule has 0 radical (unpaired) electrons. The van der Waals surface area contributed by atoms with E-state index in [0.717, 1.165) is 0 Å². The van der Waals surface area contributed by atoms with Crippen LogP contribution in [0.1, 0.15) is 11.5 Å². The van der Waals surface area contributed by atoms with Gasteiger partial charge in [-0.05, 0) is 24.3 Å². The fourth-order valence-electron chi connectivity index (χ4n) is 2.06. The molecule has 0 saturated heterocycles. The Balaban J connectivity index is 2.07. The molecule has 0 saturated carbocycles. The van der Waals surface area contributed by atoms with Gasteiger partial charge in [-0.15, -0.1) is 0 Å². The van der Waals surface area contributed by atoms with Gasteiger partial charge in [0.25, 0.3) is 5.91 Å². The summed E-state index contributed by atoms with van der Waals surface area (Å²) in [6.45, 7) is 0. The van der Waals surface area contributed by atoms with E-state index in [2.05, 4.69) is 10.3 Å². The lowest BCUT2D eigenvalue weighted by Gasteiger charge is -2.19. The first-order valence-electron chi connectivity index (χ1n) is 5.44. The van der Waals surface area contributed by atoms with Gasteiger partial charge >= 0.3 is 0 Å². The SMILES string of the molecule is NC1=N[C@@](Cc2ccco2)(c2ccco2)C(=O)N1. The molecule has 2 aromatic rings. The van der Waals surface area contributed by atoms with Crippen molar-refractivity contribution in [2.45, 2.75) is 12.0 Å². The molecule has 92 valence electrons. The van der Waals surface area contributed by atoms with Gasteiger partial charge in [0, 0.05) is 6.42 Å². The Hall–Kier alpha value is -2.50. The van der Waals surface area contributed by atoms with Crippen LogP contribution >= 0.6 is 0 Å². The smallest absolute Gasteiger partial charge is 0.263 e. The van der Waals surface area contributed by atoms with Gasteiger partial charge in [-0.25, -0.2) is 4.99 Å². The van der Waals surface area contributed by atoms with Crippen molar-refractivity contribution in [1.82, 2.24) is 5.32 Å². The van der Waals surface area contributed by atoms with Gasteiger partial charge in [-0.3, -0.25) is 10.1 Å². The van der Waals surface area contributed by atoms with Crippen molar-refractivity contribution >= 4 is 11.9 Å². The van der Waals surface area contributed by atoms with Crippen LogP contribution in [0.5, 0.6) is 0 Å². The highest BCUT2D eigenvalue weighted by atomic mass is 16.3. The van der Waals surface area contributed by atoms with Crippen LogP contribution in [0.15, 0.2) is 50.6 Å². The average molecular weight is 245 g/mol. The lowest BCUT2D eigenvalue weighted by molar-refractivity contribution is -0.124. The molecule has 1 aliphatic heterocycles. The summed E-state index contributed by atoms with van der Waals surface area (Å²) in [5.41, 5.74) is 4.41. The number of nitrogens with two attached hydrogens (primary N) is 1. The van der Waals surface area contributed by atoms with Crippen LogP contribution in [0, 0.1) is 0 Å². The summed E-state index contributed by atoms with van der Waals surface area (Å²) in [7, 11) is 0. The van der Waals surface area contributed by atoms with E-state index >= 15 is 0 Å². The van der Waals surface area contributed by atoms with Crippen molar-refractivity contribution in [3.8, 4) is 0 Å². The second-order valence-electron chi connectivity index (χ2n) is 4.04. The van der Waals surface area contributed by atoms with E-state index in [9.17, 15) is 4.79 Å². The predicted octanol–water partition coefficient (Wildman–Crippen LogP) is 0.755. The number of carbonyl (C=O) groups excluding carboxylic acids is 1. The zero-order chi connectivity index (χ0) is 12.6. The van der Waals surface area contributed by atoms with Crippen molar-refractivity contribution in [2.24, 2.45) is 10.7 Å². The van der Waals surface area contributed by atoms with Crippen LogP contribution < -0.4 is 11.1 Å². The lowest BCUT2D eigenvalue weighted by atomic mass is 9.91. The first kappa shape index (κ1) is 10.6. The fraction of sp³-hybridized carbons (Fsp3) is 0.167. The van der Waals surface area contributed by atoms with Gasteiger partial charge in [-0.1, -0.05) is 0 Å². The highest BCUT2D eigenvalue weighted by Gasteiger charge is 2.48. The molecule has 3 N–H and O–H groups in total. The maximum atomic E-state index is 12.1. The molecule has 1 amide bonds. The molecular formula is C12H11N3O3. The number of aliphatic imine (C=N–C) groups is 1. The summed E-state index contributed by atoms with van der Waals surface area (Å²) in [5, 5.41) is 2.50. The maximum absolute atomic E-state index is 12.1. The highest BCUT2D eigenvalue weighted by molar-refractivity contribution is 6.06. The number of hydrogen-bond acceptors (Lipinski definition) is 5. The summed E-state index contributed by atoms with van der Waals surface area (Å²) >= 11 is 0. The highest BCUT2D eigenvalue weighted by Crippen LogP contribution is 2.33. The van der Waals surface area contributed by atoms with Crippen molar-refractivity contribution in [2.75, 3.05) is 0 Å². The van der Waals surface area contributed by atoms with Crippen molar-refractivity contribution in [1.29, 1.82) is 0 Å². The Morgan fingerprint density at radius 3 is 2.61 bits per heavy atom. The molecule has 1 atom stereocenters. The molecule has 6 heteroatoms. The molecule has 1 aliphatic rings. The van der Waals surface area contributed by atoms with Gasteiger partial charge in [-0.2, -0.15) is 0 Å². The predicted molar refractivity (Wildman–Crippen MR) is 62.6 cm³/mol. The van der Waals surface area contributed by atoms with Crippen molar-refractivity contribution < 1.29 is 13.6 Å². The second kappa shape index (κ2) is 3.76. The minimum atomic E-state index is -1.18. The molecule has 2 aromatic heterocycles. The molecule has 3 heterocycles. The summed E-state index contributed by atoms with van der Waals surface area (Å²) in [4.78, 5) is 16.3. The van der Waals surface area contributed by atoms with E-state index in [0.29, 0.717) is 11.5 Å². The van der Waals surface area contributed by atoms with Gasteiger partial charge in [0.15, 0.2) is 5.96 Å². The minimum absolute atomic E-state index is 0.0861. The fourth-order valence-corrected chi connectivity index (χ4v) is 2.06. The van der Waals surface area contributed by atoms with E-state index in [4.69, 9.17) is 14.6 Å². The molecule has 18 heavy (non-hydrogen) atoms. The number of furan rings is 2. The zero-order valence-corrected chi connectivity index (χ0v) is 9.42. The van der Waals surface area contributed by atoms with Gasteiger partial charge in [0.05, 0.1) is 12.5 Å². The summed E-state index contributed by atoms with van der Waals surface area (Å²) in [5.74, 6) is 0.853. The molecule has 3 rings (SSSR count). The Kier molecular flexibility index (Phi) is 2.22. The summed E-state index contributed by atoms with van der Waals surface area (Å²) in [6, 6.07) is 6.94. The van der Waals surface area contributed by atoms with Crippen LogP contribution in [0.4, 0.5) is 0 Å². The maximum Gasteiger partial charge on any atom is 0.263 e. The number of amides is 1. The number of guanidine groups is 1. The third-order valence-electron chi connectivity index (χ3n) is 2.87. The van der Waals surface area contributed by atoms with Crippen LogP contribution in [0.25, 0.3) is 0 Å². The quantitative estimate of drug-likeness (QED) is 0.834. The largest absolute Gasteiger partial charge is 0.469 e. The topological polar surface area (TPSA) is 93.8 Å². The molecule has 6 nitrogen and oxygen atoms in total. The van der Waals surface area contributed by atoms with Crippen LogP contribution in [-0.4, -0.2) is 11.9 Å². The molecule has 0 fully saturated rings. The van der Waals surface area contributed by atoms with Gasteiger partial charge in [0.2, 0.25) is 5.54 Å². The van der Waals surface area contributed by atoms with E-state index in [1.807, 2.05) is 0 Å². The summed E-state index contributed by atoms with van der Waals surface area (Å²) in [6.07, 6.45) is 3.31.